The van der Waals surface area contributed by atoms with Crippen LogP contribution in [0, 0.1) is 0 Å². The van der Waals surface area contributed by atoms with Gasteiger partial charge in [0.15, 0.2) is 0 Å². The summed E-state index contributed by atoms with van der Waals surface area (Å²) in [6.07, 6.45) is 3.07. The molecule has 1 aromatic heterocycles. The molecule has 0 radical (unpaired) electrons. The second-order valence-corrected chi connectivity index (χ2v) is 4.49. The third-order valence-corrected chi connectivity index (χ3v) is 2.85. The molecule has 80 valence electrons. The Morgan fingerprint density at radius 3 is 2.67 bits per heavy atom. The Morgan fingerprint density at radius 1 is 1.33 bits per heavy atom. The smallest absolute Gasteiger partial charge is 0.0841 e. The molecule has 1 aromatic carbocycles. The quantitative estimate of drug-likeness (QED) is 0.773. The zero-order chi connectivity index (χ0) is 11.1. The molecule has 0 atom stereocenters. The number of rotatable bonds is 2. The minimum atomic E-state index is -0.772. The van der Waals surface area contributed by atoms with E-state index in [2.05, 4.69) is 18.0 Å². The van der Waals surface area contributed by atoms with Crippen LogP contribution in [0.5, 0.6) is 0 Å². The van der Waals surface area contributed by atoms with E-state index in [9.17, 15) is 5.11 Å². The van der Waals surface area contributed by atoms with Crippen LogP contribution < -0.4 is 0 Å². The molecule has 0 saturated heterocycles. The Morgan fingerprint density at radius 2 is 2.07 bits per heavy atom. The van der Waals surface area contributed by atoms with E-state index in [1.807, 2.05) is 18.3 Å². The van der Waals surface area contributed by atoms with Crippen molar-refractivity contribution in [2.24, 2.45) is 0 Å². The number of benzene rings is 1. The van der Waals surface area contributed by atoms with Crippen molar-refractivity contribution < 1.29 is 5.11 Å². The van der Waals surface area contributed by atoms with Gasteiger partial charge in [-0.1, -0.05) is 19.1 Å². The van der Waals surface area contributed by atoms with E-state index in [1.54, 1.807) is 13.8 Å². The van der Waals surface area contributed by atoms with Crippen LogP contribution in [0.4, 0.5) is 0 Å². The lowest BCUT2D eigenvalue weighted by molar-refractivity contribution is 0.0787. The molecule has 2 nitrogen and oxygen atoms in total. The van der Waals surface area contributed by atoms with E-state index in [-0.39, 0.29) is 0 Å². The normalized spacial score (nSPS) is 12.3. The first-order chi connectivity index (χ1) is 7.02. The lowest BCUT2D eigenvalue weighted by Crippen LogP contribution is -2.14. The number of aliphatic hydroxyl groups is 1. The average Bonchev–Trinajstić information content (AvgIpc) is 2.58. The average molecular weight is 203 g/mol. The number of nitrogens with one attached hydrogen (secondary N) is 1. The standard InChI is InChI=1S/C13H17NO/c1-4-9-8-14-12-7-10(13(2,3)15)5-6-11(9)12/h5-8,14-15H,4H2,1-3H3. The second-order valence-electron chi connectivity index (χ2n) is 4.49. The van der Waals surface area contributed by atoms with Gasteiger partial charge in [-0.3, -0.25) is 0 Å². The molecular weight excluding hydrogens is 186 g/mol. The van der Waals surface area contributed by atoms with Crippen LogP contribution in [-0.4, -0.2) is 10.1 Å². The van der Waals surface area contributed by atoms with Crippen molar-refractivity contribution in [3.63, 3.8) is 0 Å². The molecule has 0 aliphatic heterocycles. The maximum Gasteiger partial charge on any atom is 0.0841 e. The van der Waals surface area contributed by atoms with E-state index < -0.39 is 5.60 Å². The molecule has 1 heterocycles. The maximum absolute atomic E-state index is 9.90. The first-order valence-electron chi connectivity index (χ1n) is 5.35. The van der Waals surface area contributed by atoms with Gasteiger partial charge in [-0.25, -0.2) is 0 Å². The lowest BCUT2D eigenvalue weighted by Gasteiger charge is -2.17. The Kier molecular flexibility index (Phi) is 2.31. The van der Waals surface area contributed by atoms with E-state index in [0.29, 0.717) is 0 Å². The number of H-pyrrole nitrogens is 1. The molecule has 2 heteroatoms. The second kappa shape index (κ2) is 3.38. The van der Waals surface area contributed by atoms with Crippen LogP contribution in [0.25, 0.3) is 10.9 Å². The minimum Gasteiger partial charge on any atom is -0.386 e. The van der Waals surface area contributed by atoms with Crippen molar-refractivity contribution in [2.75, 3.05) is 0 Å². The number of aryl methyl sites for hydroxylation is 1. The Labute approximate surface area is 89.9 Å². The summed E-state index contributed by atoms with van der Waals surface area (Å²) < 4.78 is 0. The van der Waals surface area contributed by atoms with Gasteiger partial charge in [0.2, 0.25) is 0 Å². The Balaban J connectivity index is 2.58. The summed E-state index contributed by atoms with van der Waals surface area (Å²) in [6, 6.07) is 6.10. The van der Waals surface area contributed by atoms with E-state index >= 15 is 0 Å². The van der Waals surface area contributed by atoms with Crippen molar-refractivity contribution in [3.05, 3.63) is 35.5 Å². The van der Waals surface area contributed by atoms with Gasteiger partial charge in [-0.15, -0.1) is 0 Å². The van der Waals surface area contributed by atoms with Crippen molar-refractivity contribution in [2.45, 2.75) is 32.8 Å². The third-order valence-electron chi connectivity index (χ3n) is 2.85. The number of aromatic amines is 1. The van der Waals surface area contributed by atoms with Gasteiger partial charge in [0.05, 0.1) is 5.60 Å². The van der Waals surface area contributed by atoms with Crippen molar-refractivity contribution in [1.29, 1.82) is 0 Å². The highest BCUT2D eigenvalue weighted by atomic mass is 16.3. The molecule has 0 bridgehead atoms. The third kappa shape index (κ3) is 1.77. The van der Waals surface area contributed by atoms with Gasteiger partial charge in [-0.2, -0.15) is 0 Å². The molecule has 0 aliphatic rings. The summed E-state index contributed by atoms with van der Waals surface area (Å²) in [7, 11) is 0. The molecule has 0 aliphatic carbocycles. The van der Waals surface area contributed by atoms with Crippen molar-refractivity contribution >= 4 is 10.9 Å². The molecule has 2 rings (SSSR count). The molecule has 0 amide bonds. The zero-order valence-corrected chi connectivity index (χ0v) is 9.46. The van der Waals surface area contributed by atoms with Crippen LogP contribution in [-0.2, 0) is 12.0 Å². The molecular formula is C13H17NO. The molecule has 15 heavy (non-hydrogen) atoms. The summed E-state index contributed by atoms with van der Waals surface area (Å²) in [5.41, 5.74) is 2.60. The maximum atomic E-state index is 9.90. The van der Waals surface area contributed by atoms with E-state index in [0.717, 1.165) is 17.5 Å². The number of hydrogen-bond donors (Lipinski definition) is 2. The Bertz CT molecular complexity index is 477. The van der Waals surface area contributed by atoms with Crippen molar-refractivity contribution in [1.82, 2.24) is 4.98 Å². The van der Waals surface area contributed by atoms with Gasteiger partial charge in [0, 0.05) is 17.1 Å². The van der Waals surface area contributed by atoms with Crippen LogP contribution in [0.15, 0.2) is 24.4 Å². The van der Waals surface area contributed by atoms with Crippen LogP contribution in [0.3, 0.4) is 0 Å². The van der Waals surface area contributed by atoms with Crippen molar-refractivity contribution in [3.8, 4) is 0 Å². The fourth-order valence-corrected chi connectivity index (χ4v) is 1.86. The number of fused-ring (bicyclic) bond motifs is 1. The highest BCUT2D eigenvalue weighted by Crippen LogP contribution is 2.25. The molecule has 2 N–H and O–H groups in total. The highest BCUT2D eigenvalue weighted by molar-refractivity contribution is 5.83. The summed E-state index contributed by atoms with van der Waals surface area (Å²) in [5.74, 6) is 0. The fourth-order valence-electron chi connectivity index (χ4n) is 1.86. The number of hydrogen-bond acceptors (Lipinski definition) is 1. The topological polar surface area (TPSA) is 36.0 Å². The monoisotopic (exact) mass is 203 g/mol. The lowest BCUT2D eigenvalue weighted by atomic mass is 9.97. The highest BCUT2D eigenvalue weighted by Gasteiger charge is 2.16. The van der Waals surface area contributed by atoms with Gasteiger partial charge < -0.3 is 10.1 Å². The van der Waals surface area contributed by atoms with Crippen LogP contribution >= 0.6 is 0 Å². The molecule has 0 spiro atoms. The van der Waals surface area contributed by atoms with Crippen LogP contribution in [0.1, 0.15) is 31.9 Å². The largest absolute Gasteiger partial charge is 0.386 e. The zero-order valence-electron chi connectivity index (χ0n) is 9.46. The van der Waals surface area contributed by atoms with Gasteiger partial charge in [-0.05, 0) is 37.5 Å². The number of aromatic nitrogens is 1. The summed E-state index contributed by atoms with van der Waals surface area (Å²) in [5, 5.41) is 11.2. The fraction of sp³-hybridized carbons (Fsp3) is 0.385. The molecule has 2 aromatic rings. The van der Waals surface area contributed by atoms with E-state index in [4.69, 9.17) is 0 Å². The predicted molar refractivity (Wildman–Crippen MR) is 62.9 cm³/mol. The van der Waals surface area contributed by atoms with Gasteiger partial charge in [0.25, 0.3) is 0 Å². The summed E-state index contributed by atoms with van der Waals surface area (Å²) in [4.78, 5) is 3.24. The first-order valence-corrected chi connectivity index (χ1v) is 5.35. The molecule has 0 fully saturated rings. The Hall–Kier alpha value is -1.28. The summed E-state index contributed by atoms with van der Waals surface area (Å²) >= 11 is 0. The minimum absolute atomic E-state index is 0.772. The van der Waals surface area contributed by atoms with Gasteiger partial charge >= 0.3 is 0 Å². The SMILES string of the molecule is CCc1c[nH]c2cc(C(C)(C)O)ccc12. The predicted octanol–water partition coefficient (Wildman–Crippen LogP) is 2.96. The molecule has 0 saturated carbocycles. The first kappa shape index (κ1) is 10.2. The van der Waals surface area contributed by atoms with Crippen LogP contribution in [0.2, 0.25) is 0 Å². The summed E-state index contributed by atoms with van der Waals surface area (Å²) in [6.45, 7) is 5.75. The van der Waals surface area contributed by atoms with E-state index in [1.165, 1.54) is 10.9 Å². The van der Waals surface area contributed by atoms with Gasteiger partial charge in [0.1, 0.15) is 0 Å². The molecule has 0 unspecified atom stereocenters.